The van der Waals surface area contributed by atoms with Crippen molar-refractivity contribution >= 4 is 5.91 Å². The van der Waals surface area contributed by atoms with Crippen LogP contribution in [0.2, 0.25) is 0 Å². The molecule has 1 fully saturated rings. The molecule has 0 spiro atoms. The van der Waals surface area contributed by atoms with Gasteiger partial charge in [0, 0.05) is 25.5 Å². The van der Waals surface area contributed by atoms with Crippen molar-refractivity contribution in [2.75, 3.05) is 13.1 Å². The highest BCUT2D eigenvalue weighted by Gasteiger charge is 2.24. The number of piperidine rings is 1. The Balaban J connectivity index is 1.63. The monoisotopic (exact) mass is 269 g/mol. The van der Waals surface area contributed by atoms with Crippen LogP contribution in [0.25, 0.3) is 0 Å². The maximum atomic E-state index is 12.4. The van der Waals surface area contributed by atoms with Crippen molar-refractivity contribution < 1.29 is 4.79 Å². The fourth-order valence-corrected chi connectivity index (χ4v) is 2.78. The van der Waals surface area contributed by atoms with Crippen LogP contribution in [0.4, 0.5) is 0 Å². The van der Waals surface area contributed by atoms with Gasteiger partial charge in [0.1, 0.15) is 0 Å². The van der Waals surface area contributed by atoms with Crippen LogP contribution in [-0.2, 0) is 11.2 Å². The summed E-state index contributed by atoms with van der Waals surface area (Å²) in [7, 11) is 0. The van der Waals surface area contributed by atoms with Gasteiger partial charge in [0.25, 0.3) is 0 Å². The van der Waals surface area contributed by atoms with E-state index < -0.39 is 0 Å². The third-order valence-electron chi connectivity index (χ3n) is 3.85. The lowest BCUT2D eigenvalue weighted by atomic mass is 10.0. The second-order valence-corrected chi connectivity index (χ2v) is 5.28. The van der Waals surface area contributed by atoms with Crippen LogP contribution in [0, 0.1) is 0 Å². The number of nitrogens with zero attached hydrogens (tertiary/aromatic N) is 3. The molecule has 20 heavy (non-hydrogen) atoms. The first-order valence-corrected chi connectivity index (χ1v) is 7.14. The summed E-state index contributed by atoms with van der Waals surface area (Å²) in [5, 5.41) is 4.30. The van der Waals surface area contributed by atoms with E-state index in [0.29, 0.717) is 12.5 Å². The number of likely N-dealkylation sites (tertiary alicyclic amines) is 1. The topological polar surface area (TPSA) is 38.1 Å². The Labute approximate surface area is 119 Å². The Morgan fingerprint density at radius 1 is 1.25 bits per heavy atom. The minimum absolute atomic E-state index is 0.216. The van der Waals surface area contributed by atoms with Crippen molar-refractivity contribution in [3.63, 3.8) is 0 Å². The lowest BCUT2D eigenvalue weighted by molar-refractivity contribution is -0.132. The SMILES string of the molecule is O=C(Cc1ccccc1)N1CCCC(n2cccn2)C1. The highest BCUT2D eigenvalue weighted by molar-refractivity contribution is 5.78. The largest absolute Gasteiger partial charge is 0.340 e. The van der Waals surface area contributed by atoms with E-state index in [1.54, 1.807) is 6.20 Å². The molecule has 0 N–H and O–H groups in total. The number of hydrogen-bond donors (Lipinski definition) is 0. The Bertz CT molecular complexity index is 550. The number of carbonyl (C=O) groups is 1. The van der Waals surface area contributed by atoms with E-state index in [0.717, 1.165) is 31.5 Å². The minimum Gasteiger partial charge on any atom is -0.340 e. The van der Waals surface area contributed by atoms with Gasteiger partial charge in [0.2, 0.25) is 5.91 Å². The molecule has 0 bridgehead atoms. The van der Waals surface area contributed by atoms with Gasteiger partial charge in [-0.15, -0.1) is 0 Å². The van der Waals surface area contributed by atoms with E-state index >= 15 is 0 Å². The first-order chi connectivity index (χ1) is 9.83. The van der Waals surface area contributed by atoms with Crippen LogP contribution in [0.3, 0.4) is 0 Å². The maximum Gasteiger partial charge on any atom is 0.227 e. The Morgan fingerprint density at radius 3 is 2.85 bits per heavy atom. The molecule has 0 aliphatic carbocycles. The molecular weight excluding hydrogens is 250 g/mol. The zero-order valence-electron chi connectivity index (χ0n) is 11.5. The van der Waals surface area contributed by atoms with Crippen LogP contribution >= 0.6 is 0 Å². The maximum absolute atomic E-state index is 12.4. The molecule has 104 valence electrons. The van der Waals surface area contributed by atoms with Gasteiger partial charge in [-0.1, -0.05) is 30.3 Å². The van der Waals surface area contributed by atoms with Gasteiger partial charge in [-0.25, -0.2) is 0 Å². The Hall–Kier alpha value is -2.10. The summed E-state index contributed by atoms with van der Waals surface area (Å²) in [5.74, 6) is 0.216. The quantitative estimate of drug-likeness (QED) is 0.857. The Morgan fingerprint density at radius 2 is 2.10 bits per heavy atom. The average molecular weight is 269 g/mol. The van der Waals surface area contributed by atoms with Crippen LogP contribution < -0.4 is 0 Å². The summed E-state index contributed by atoms with van der Waals surface area (Å²) in [4.78, 5) is 14.4. The lowest BCUT2D eigenvalue weighted by Gasteiger charge is -2.33. The summed E-state index contributed by atoms with van der Waals surface area (Å²) < 4.78 is 1.97. The van der Waals surface area contributed by atoms with Crippen molar-refractivity contribution in [3.8, 4) is 0 Å². The second-order valence-electron chi connectivity index (χ2n) is 5.28. The molecule has 1 amide bonds. The molecular formula is C16H19N3O. The third kappa shape index (κ3) is 2.90. The number of amides is 1. The third-order valence-corrected chi connectivity index (χ3v) is 3.85. The van der Waals surface area contributed by atoms with Gasteiger partial charge in [-0.3, -0.25) is 9.48 Å². The molecule has 1 atom stereocenters. The molecule has 4 nitrogen and oxygen atoms in total. The fraction of sp³-hybridized carbons (Fsp3) is 0.375. The number of hydrogen-bond acceptors (Lipinski definition) is 2. The van der Waals surface area contributed by atoms with Crippen molar-refractivity contribution in [1.29, 1.82) is 0 Å². The first kappa shape index (κ1) is 12.9. The Kier molecular flexibility index (Phi) is 3.81. The highest BCUT2D eigenvalue weighted by atomic mass is 16.2. The molecule has 0 saturated carbocycles. The van der Waals surface area contributed by atoms with Gasteiger partial charge in [0.15, 0.2) is 0 Å². The van der Waals surface area contributed by atoms with E-state index in [2.05, 4.69) is 5.10 Å². The molecule has 3 rings (SSSR count). The van der Waals surface area contributed by atoms with Crippen LogP contribution in [-0.4, -0.2) is 33.7 Å². The van der Waals surface area contributed by atoms with Crippen molar-refractivity contribution in [2.24, 2.45) is 0 Å². The van der Waals surface area contributed by atoms with E-state index in [-0.39, 0.29) is 5.91 Å². The standard InChI is InChI=1S/C16H19N3O/c20-16(12-14-6-2-1-3-7-14)18-10-4-8-15(13-18)19-11-5-9-17-19/h1-3,5-7,9,11,15H,4,8,10,12-13H2. The summed E-state index contributed by atoms with van der Waals surface area (Å²) >= 11 is 0. The molecule has 1 aromatic heterocycles. The summed E-state index contributed by atoms with van der Waals surface area (Å²) in [6.45, 7) is 1.64. The molecule has 1 unspecified atom stereocenters. The first-order valence-electron chi connectivity index (χ1n) is 7.14. The average Bonchev–Trinajstić information content (AvgIpc) is 3.03. The molecule has 1 aliphatic rings. The number of carbonyl (C=O) groups excluding carboxylic acids is 1. The molecule has 1 aliphatic heterocycles. The van der Waals surface area contributed by atoms with Gasteiger partial charge < -0.3 is 4.90 Å². The molecule has 2 heterocycles. The van der Waals surface area contributed by atoms with E-state index in [4.69, 9.17) is 0 Å². The summed E-state index contributed by atoms with van der Waals surface area (Å²) in [5.41, 5.74) is 1.08. The molecule has 0 radical (unpaired) electrons. The highest BCUT2D eigenvalue weighted by Crippen LogP contribution is 2.21. The van der Waals surface area contributed by atoms with Crippen molar-refractivity contribution in [2.45, 2.75) is 25.3 Å². The van der Waals surface area contributed by atoms with Crippen LogP contribution in [0.1, 0.15) is 24.4 Å². The smallest absolute Gasteiger partial charge is 0.227 e. The zero-order valence-corrected chi connectivity index (χ0v) is 11.5. The van der Waals surface area contributed by atoms with E-state index in [1.807, 2.05) is 52.2 Å². The number of rotatable bonds is 3. The van der Waals surface area contributed by atoms with Crippen molar-refractivity contribution in [3.05, 3.63) is 54.4 Å². The predicted molar refractivity (Wildman–Crippen MR) is 77.2 cm³/mol. The summed E-state index contributed by atoms with van der Waals surface area (Å²) in [6, 6.07) is 12.2. The van der Waals surface area contributed by atoms with Gasteiger partial charge in [-0.2, -0.15) is 5.10 Å². The number of benzene rings is 1. The fourth-order valence-electron chi connectivity index (χ4n) is 2.78. The lowest BCUT2D eigenvalue weighted by Crippen LogP contribution is -2.41. The molecule has 2 aromatic rings. The molecule has 4 heteroatoms. The van der Waals surface area contributed by atoms with Gasteiger partial charge in [-0.05, 0) is 24.5 Å². The van der Waals surface area contributed by atoms with E-state index in [1.165, 1.54) is 0 Å². The van der Waals surface area contributed by atoms with Crippen LogP contribution in [0.5, 0.6) is 0 Å². The van der Waals surface area contributed by atoms with Crippen LogP contribution in [0.15, 0.2) is 48.8 Å². The zero-order chi connectivity index (χ0) is 13.8. The van der Waals surface area contributed by atoms with Gasteiger partial charge >= 0.3 is 0 Å². The predicted octanol–water partition coefficient (Wildman–Crippen LogP) is 2.29. The minimum atomic E-state index is 0.216. The van der Waals surface area contributed by atoms with E-state index in [9.17, 15) is 4.79 Å². The summed E-state index contributed by atoms with van der Waals surface area (Å²) in [6.07, 6.45) is 6.41. The van der Waals surface area contributed by atoms with Gasteiger partial charge in [0.05, 0.1) is 12.5 Å². The second kappa shape index (κ2) is 5.90. The molecule has 1 saturated heterocycles. The van der Waals surface area contributed by atoms with Crippen molar-refractivity contribution in [1.82, 2.24) is 14.7 Å². The number of aromatic nitrogens is 2. The molecule has 1 aromatic carbocycles. The normalized spacial score (nSPS) is 19.0.